The molecule has 0 saturated carbocycles. The maximum atomic E-state index is 13.9. The summed E-state index contributed by atoms with van der Waals surface area (Å²) in [5, 5.41) is 3.09. The number of rotatable bonds is 5. The normalized spacial score (nSPS) is 11.8. The fourth-order valence-electron chi connectivity index (χ4n) is 2.62. The van der Waals surface area contributed by atoms with Gasteiger partial charge in [0.1, 0.15) is 11.6 Å². The molecule has 6 heteroatoms. The predicted molar refractivity (Wildman–Crippen MR) is 97.1 cm³/mol. The van der Waals surface area contributed by atoms with Gasteiger partial charge in [-0.1, -0.05) is 29.8 Å². The maximum Gasteiger partial charge on any atom is 0.232 e. The Balaban J connectivity index is 1.88. The molecule has 0 bridgehead atoms. The number of aromatic nitrogens is 1. The van der Waals surface area contributed by atoms with E-state index in [1.54, 1.807) is 42.7 Å². The SMILES string of the molecule is O=C(Nc1ccc(F)cc1F)C(Cc1cccnc1)c1ccc(Cl)cc1. The first kappa shape index (κ1) is 18.0. The van der Waals surface area contributed by atoms with Gasteiger partial charge in [-0.25, -0.2) is 8.78 Å². The first-order chi connectivity index (χ1) is 12.5. The molecular weight excluding hydrogens is 358 g/mol. The zero-order valence-corrected chi connectivity index (χ0v) is 14.4. The van der Waals surface area contributed by atoms with Gasteiger partial charge in [0, 0.05) is 23.5 Å². The van der Waals surface area contributed by atoms with E-state index in [0.717, 1.165) is 23.3 Å². The third-order valence-electron chi connectivity index (χ3n) is 3.94. The summed E-state index contributed by atoms with van der Waals surface area (Å²) in [6.45, 7) is 0. The van der Waals surface area contributed by atoms with Crippen LogP contribution in [0.3, 0.4) is 0 Å². The van der Waals surface area contributed by atoms with Crippen molar-refractivity contribution in [1.29, 1.82) is 0 Å². The van der Waals surface area contributed by atoms with E-state index >= 15 is 0 Å². The summed E-state index contributed by atoms with van der Waals surface area (Å²) in [6.07, 6.45) is 3.70. The number of carbonyl (C=O) groups is 1. The lowest BCUT2D eigenvalue weighted by atomic mass is 9.91. The van der Waals surface area contributed by atoms with E-state index in [-0.39, 0.29) is 5.69 Å². The van der Waals surface area contributed by atoms with Crippen molar-refractivity contribution in [3.8, 4) is 0 Å². The number of anilines is 1. The average Bonchev–Trinajstić information content (AvgIpc) is 2.64. The zero-order valence-electron chi connectivity index (χ0n) is 13.6. The quantitative estimate of drug-likeness (QED) is 0.686. The molecule has 1 amide bonds. The van der Waals surface area contributed by atoms with E-state index in [4.69, 9.17) is 11.6 Å². The summed E-state index contributed by atoms with van der Waals surface area (Å²) in [5.41, 5.74) is 1.53. The Bertz CT molecular complexity index is 901. The van der Waals surface area contributed by atoms with Crippen LogP contribution in [-0.2, 0) is 11.2 Å². The number of hydrogen-bond acceptors (Lipinski definition) is 2. The highest BCUT2D eigenvalue weighted by atomic mass is 35.5. The Morgan fingerprint density at radius 1 is 1.12 bits per heavy atom. The van der Waals surface area contributed by atoms with Gasteiger partial charge in [-0.3, -0.25) is 9.78 Å². The van der Waals surface area contributed by atoms with Crippen LogP contribution in [-0.4, -0.2) is 10.9 Å². The summed E-state index contributed by atoms with van der Waals surface area (Å²) in [6, 6.07) is 13.6. The number of nitrogens with one attached hydrogen (secondary N) is 1. The van der Waals surface area contributed by atoms with Crippen molar-refractivity contribution in [3.63, 3.8) is 0 Å². The second-order valence-electron chi connectivity index (χ2n) is 5.78. The fraction of sp³-hybridized carbons (Fsp3) is 0.100. The fourth-order valence-corrected chi connectivity index (χ4v) is 2.75. The highest BCUT2D eigenvalue weighted by molar-refractivity contribution is 6.30. The summed E-state index contributed by atoms with van der Waals surface area (Å²) in [5.74, 6) is -2.51. The van der Waals surface area contributed by atoms with Gasteiger partial charge in [-0.15, -0.1) is 0 Å². The van der Waals surface area contributed by atoms with Gasteiger partial charge in [0.2, 0.25) is 5.91 Å². The topological polar surface area (TPSA) is 42.0 Å². The molecule has 0 saturated heterocycles. The van der Waals surface area contributed by atoms with Gasteiger partial charge in [0.05, 0.1) is 11.6 Å². The van der Waals surface area contributed by atoms with Gasteiger partial charge in [-0.2, -0.15) is 0 Å². The summed E-state index contributed by atoms with van der Waals surface area (Å²) in [4.78, 5) is 16.9. The number of carbonyl (C=O) groups excluding carboxylic acids is 1. The highest BCUT2D eigenvalue weighted by Gasteiger charge is 2.22. The van der Waals surface area contributed by atoms with Gasteiger partial charge < -0.3 is 5.32 Å². The van der Waals surface area contributed by atoms with Crippen LogP contribution in [0.15, 0.2) is 67.0 Å². The summed E-state index contributed by atoms with van der Waals surface area (Å²) in [7, 11) is 0. The molecule has 3 nitrogen and oxygen atoms in total. The van der Waals surface area contributed by atoms with Crippen molar-refractivity contribution in [3.05, 3.63) is 94.8 Å². The zero-order chi connectivity index (χ0) is 18.5. The molecule has 1 atom stereocenters. The van der Waals surface area contributed by atoms with Gasteiger partial charge >= 0.3 is 0 Å². The Morgan fingerprint density at radius 2 is 1.88 bits per heavy atom. The monoisotopic (exact) mass is 372 g/mol. The van der Waals surface area contributed by atoms with Crippen LogP contribution in [0.1, 0.15) is 17.0 Å². The first-order valence-corrected chi connectivity index (χ1v) is 8.31. The Labute approximate surface area is 154 Å². The molecule has 2 aromatic carbocycles. The molecule has 26 heavy (non-hydrogen) atoms. The van der Waals surface area contributed by atoms with Gasteiger partial charge in [0.15, 0.2) is 0 Å². The van der Waals surface area contributed by atoms with Crippen molar-refractivity contribution < 1.29 is 13.6 Å². The van der Waals surface area contributed by atoms with Crippen LogP contribution in [0.5, 0.6) is 0 Å². The largest absolute Gasteiger partial charge is 0.323 e. The lowest BCUT2D eigenvalue weighted by Crippen LogP contribution is -2.23. The molecule has 1 N–H and O–H groups in total. The van der Waals surface area contributed by atoms with Crippen LogP contribution in [0.25, 0.3) is 0 Å². The van der Waals surface area contributed by atoms with Crippen LogP contribution >= 0.6 is 11.6 Å². The number of nitrogens with zero attached hydrogens (tertiary/aromatic N) is 1. The van der Waals surface area contributed by atoms with E-state index < -0.39 is 23.5 Å². The molecule has 0 aliphatic heterocycles. The standard InChI is InChI=1S/C20H15ClF2N2O/c21-15-5-3-14(4-6-15)17(10-13-2-1-9-24-12-13)20(26)25-19-8-7-16(22)11-18(19)23/h1-9,11-12,17H,10H2,(H,25,26). The number of amides is 1. The van der Waals surface area contributed by atoms with Crippen molar-refractivity contribution in [1.82, 2.24) is 4.98 Å². The second-order valence-corrected chi connectivity index (χ2v) is 6.22. The lowest BCUT2D eigenvalue weighted by Gasteiger charge is -2.18. The number of hydrogen-bond donors (Lipinski definition) is 1. The molecule has 132 valence electrons. The number of pyridine rings is 1. The number of halogens is 3. The molecular formula is C20H15ClF2N2O. The Morgan fingerprint density at radius 3 is 2.54 bits per heavy atom. The smallest absolute Gasteiger partial charge is 0.232 e. The molecule has 3 aromatic rings. The van der Waals surface area contributed by atoms with E-state index in [2.05, 4.69) is 10.3 Å². The molecule has 0 aliphatic carbocycles. The van der Waals surface area contributed by atoms with E-state index in [1.807, 2.05) is 6.07 Å². The molecule has 1 unspecified atom stereocenters. The van der Waals surface area contributed by atoms with Gasteiger partial charge in [-0.05, 0) is 47.9 Å². The summed E-state index contributed by atoms with van der Waals surface area (Å²) >= 11 is 5.93. The molecule has 1 heterocycles. The molecule has 3 rings (SSSR count). The maximum absolute atomic E-state index is 13.9. The predicted octanol–water partition coefficient (Wildman–Crippen LogP) is 4.98. The highest BCUT2D eigenvalue weighted by Crippen LogP contribution is 2.25. The number of benzene rings is 2. The minimum atomic E-state index is -0.824. The molecule has 0 spiro atoms. The molecule has 1 aromatic heterocycles. The summed E-state index contributed by atoms with van der Waals surface area (Å²) < 4.78 is 26.9. The minimum absolute atomic E-state index is 0.0680. The van der Waals surface area contributed by atoms with Crippen LogP contribution < -0.4 is 5.32 Å². The Hall–Kier alpha value is -2.79. The third kappa shape index (κ3) is 4.43. The lowest BCUT2D eigenvalue weighted by molar-refractivity contribution is -0.117. The van der Waals surface area contributed by atoms with Crippen LogP contribution in [0.4, 0.5) is 14.5 Å². The van der Waals surface area contributed by atoms with Crippen molar-refractivity contribution in [2.45, 2.75) is 12.3 Å². The molecule has 0 aliphatic rings. The Kier molecular flexibility index (Phi) is 5.58. The average molecular weight is 373 g/mol. The van der Waals surface area contributed by atoms with Crippen molar-refractivity contribution in [2.75, 3.05) is 5.32 Å². The first-order valence-electron chi connectivity index (χ1n) is 7.93. The minimum Gasteiger partial charge on any atom is -0.323 e. The van der Waals surface area contributed by atoms with Crippen molar-refractivity contribution in [2.24, 2.45) is 0 Å². The van der Waals surface area contributed by atoms with Crippen LogP contribution in [0.2, 0.25) is 5.02 Å². The van der Waals surface area contributed by atoms with Crippen molar-refractivity contribution >= 4 is 23.2 Å². The van der Waals surface area contributed by atoms with E-state index in [1.165, 1.54) is 6.07 Å². The van der Waals surface area contributed by atoms with E-state index in [9.17, 15) is 13.6 Å². The van der Waals surface area contributed by atoms with E-state index in [0.29, 0.717) is 11.4 Å². The second kappa shape index (κ2) is 8.06. The third-order valence-corrected chi connectivity index (χ3v) is 4.19. The van der Waals surface area contributed by atoms with Gasteiger partial charge in [0.25, 0.3) is 0 Å². The molecule has 0 radical (unpaired) electrons. The van der Waals surface area contributed by atoms with Crippen LogP contribution in [0, 0.1) is 11.6 Å². The molecule has 0 fully saturated rings.